The van der Waals surface area contributed by atoms with E-state index in [1.54, 1.807) is 13.1 Å². The summed E-state index contributed by atoms with van der Waals surface area (Å²) in [6.45, 7) is 4.91. The number of Topliss-reactive ketones (excluding diaryl/α,β-unsaturated/α-hetero) is 1. The van der Waals surface area contributed by atoms with Gasteiger partial charge in [-0.15, -0.1) is 5.10 Å². The number of aromatic nitrogens is 3. The van der Waals surface area contributed by atoms with Gasteiger partial charge in [-0.3, -0.25) is 4.79 Å². The minimum absolute atomic E-state index is 0.0588. The first-order valence-corrected chi connectivity index (χ1v) is 10.5. The molecule has 0 radical (unpaired) electrons. The second kappa shape index (κ2) is 7.89. The van der Waals surface area contributed by atoms with Gasteiger partial charge < -0.3 is 14.5 Å². The molecule has 0 bridgehead atoms. The zero-order valence-electron chi connectivity index (χ0n) is 17.1. The average Bonchev–Trinajstić information content (AvgIpc) is 2.76. The van der Waals surface area contributed by atoms with Crippen LogP contribution in [0, 0.1) is 5.92 Å². The Kier molecular flexibility index (Phi) is 4.94. The standard InChI is InChI=1S/C23H25N5O2/c1-16(29)17-9-12-27(13-10-17)21-8-11-24-26-23(21)30-19-14-28(15-19)22-7-6-18-4-2-3-5-20(18)25-22/h2-8,11,17,19H,9-10,12-15H2,1H3. The number of carbonyl (C=O) groups excluding carboxylic acids is 1. The molecule has 0 N–H and O–H groups in total. The van der Waals surface area contributed by atoms with Crippen LogP contribution < -0.4 is 14.5 Å². The molecule has 4 heterocycles. The van der Waals surface area contributed by atoms with Crippen LogP contribution in [0.2, 0.25) is 0 Å². The monoisotopic (exact) mass is 403 g/mol. The fourth-order valence-electron chi connectivity index (χ4n) is 4.25. The van der Waals surface area contributed by atoms with Crippen molar-refractivity contribution in [3.05, 3.63) is 48.7 Å². The van der Waals surface area contributed by atoms with Gasteiger partial charge in [-0.2, -0.15) is 5.10 Å². The topological polar surface area (TPSA) is 71.5 Å². The number of ether oxygens (including phenoxy) is 1. The molecule has 2 aliphatic rings. The van der Waals surface area contributed by atoms with Crippen molar-refractivity contribution < 1.29 is 9.53 Å². The van der Waals surface area contributed by atoms with Crippen molar-refractivity contribution in [3.63, 3.8) is 0 Å². The number of carbonyl (C=O) groups is 1. The minimum atomic E-state index is 0.0588. The average molecular weight is 403 g/mol. The van der Waals surface area contributed by atoms with E-state index in [9.17, 15) is 4.79 Å². The highest BCUT2D eigenvalue weighted by Gasteiger charge is 2.32. The van der Waals surface area contributed by atoms with Crippen LogP contribution in [-0.2, 0) is 4.79 Å². The summed E-state index contributed by atoms with van der Waals surface area (Å²) in [5.41, 5.74) is 1.97. The number of benzene rings is 1. The molecule has 0 aliphatic carbocycles. The Balaban J connectivity index is 1.23. The maximum absolute atomic E-state index is 11.6. The van der Waals surface area contributed by atoms with E-state index in [1.807, 2.05) is 24.3 Å². The molecule has 30 heavy (non-hydrogen) atoms. The Labute approximate surface area is 175 Å². The number of pyridine rings is 1. The summed E-state index contributed by atoms with van der Waals surface area (Å²) in [6.07, 6.45) is 3.51. The van der Waals surface area contributed by atoms with E-state index in [2.05, 4.69) is 38.2 Å². The lowest BCUT2D eigenvalue weighted by Crippen LogP contribution is -2.54. The first-order chi connectivity index (χ1) is 14.7. The van der Waals surface area contributed by atoms with Gasteiger partial charge >= 0.3 is 0 Å². The zero-order valence-corrected chi connectivity index (χ0v) is 17.1. The minimum Gasteiger partial charge on any atom is -0.468 e. The smallest absolute Gasteiger partial charge is 0.257 e. The van der Waals surface area contributed by atoms with E-state index >= 15 is 0 Å². The van der Waals surface area contributed by atoms with Crippen LogP contribution in [0.15, 0.2) is 48.7 Å². The number of para-hydroxylation sites is 1. The predicted octanol–water partition coefficient (Wildman–Crippen LogP) is 3.10. The van der Waals surface area contributed by atoms with Gasteiger partial charge in [0.2, 0.25) is 0 Å². The maximum Gasteiger partial charge on any atom is 0.257 e. The van der Waals surface area contributed by atoms with Crippen molar-refractivity contribution in [1.29, 1.82) is 0 Å². The van der Waals surface area contributed by atoms with E-state index in [0.717, 1.165) is 61.4 Å². The molecule has 0 unspecified atom stereocenters. The molecule has 2 saturated heterocycles. The summed E-state index contributed by atoms with van der Waals surface area (Å²) in [5.74, 6) is 2.01. The number of fused-ring (bicyclic) bond motifs is 1. The van der Waals surface area contributed by atoms with Crippen molar-refractivity contribution in [3.8, 4) is 5.88 Å². The molecular formula is C23H25N5O2. The number of hydrogen-bond donors (Lipinski definition) is 0. The van der Waals surface area contributed by atoms with Gasteiger partial charge in [0, 0.05) is 24.4 Å². The Hall–Kier alpha value is -3.22. The van der Waals surface area contributed by atoms with E-state index in [4.69, 9.17) is 9.72 Å². The Morgan fingerprint density at radius 2 is 1.83 bits per heavy atom. The van der Waals surface area contributed by atoms with E-state index < -0.39 is 0 Å². The van der Waals surface area contributed by atoms with Gasteiger partial charge in [0.25, 0.3) is 5.88 Å². The molecule has 0 atom stereocenters. The van der Waals surface area contributed by atoms with Crippen LogP contribution in [0.25, 0.3) is 10.9 Å². The van der Waals surface area contributed by atoms with Crippen molar-refractivity contribution in [2.45, 2.75) is 25.9 Å². The van der Waals surface area contributed by atoms with Crippen LogP contribution in [0.1, 0.15) is 19.8 Å². The van der Waals surface area contributed by atoms with Crippen molar-refractivity contribution >= 4 is 28.2 Å². The van der Waals surface area contributed by atoms with E-state index in [-0.39, 0.29) is 17.8 Å². The molecule has 7 nitrogen and oxygen atoms in total. The molecule has 2 aromatic heterocycles. The predicted molar refractivity (Wildman–Crippen MR) is 116 cm³/mol. The van der Waals surface area contributed by atoms with Crippen molar-refractivity contribution in [2.75, 3.05) is 36.0 Å². The molecule has 0 saturated carbocycles. The molecule has 7 heteroatoms. The summed E-state index contributed by atoms with van der Waals surface area (Å²) < 4.78 is 6.20. The van der Waals surface area contributed by atoms with Crippen LogP contribution in [-0.4, -0.2) is 53.2 Å². The van der Waals surface area contributed by atoms with Gasteiger partial charge in [0.15, 0.2) is 0 Å². The summed E-state index contributed by atoms with van der Waals surface area (Å²) in [6, 6.07) is 14.3. The Bertz CT molecular complexity index is 1060. The number of hydrogen-bond acceptors (Lipinski definition) is 7. The van der Waals surface area contributed by atoms with Gasteiger partial charge in [-0.05, 0) is 44.0 Å². The highest BCUT2D eigenvalue weighted by atomic mass is 16.5. The first kappa shape index (κ1) is 18.8. The van der Waals surface area contributed by atoms with Crippen LogP contribution in [0.5, 0.6) is 5.88 Å². The fraction of sp³-hybridized carbons (Fsp3) is 0.391. The first-order valence-electron chi connectivity index (χ1n) is 10.5. The van der Waals surface area contributed by atoms with Crippen LogP contribution in [0.3, 0.4) is 0 Å². The van der Waals surface area contributed by atoms with Gasteiger partial charge in [0.05, 0.1) is 24.8 Å². The summed E-state index contributed by atoms with van der Waals surface area (Å²) in [5, 5.41) is 9.42. The molecule has 0 amide bonds. The lowest BCUT2D eigenvalue weighted by atomic mass is 9.93. The lowest BCUT2D eigenvalue weighted by molar-refractivity contribution is -0.121. The highest BCUT2D eigenvalue weighted by molar-refractivity contribution is 5.80. The quantitative estimate of drug-likeness (QED) is 0.648. The van der Waals surface area contributed by atoms with Gasteiger partial charge in [-0.1, -0.05) is 18.2 Å². The second-order valence-corrected chi connectivity index (χ2v) is 8.10. The molecule has 0 spiro atoms. The summed E-state index contributed by atoms with van der Waals surface area (Å²) >= 11 is 0. The Morgan fingerprint density at radius 3 is 2.63 bits per heavy atom. The van der Waals surface area contributed by atoms with Gasteiger partial charge in [0.1, 0.15) is 23.4 Å². The molecular weight excluding hydrogens is 378 g/mol. The van der Waals surface area contributed by atoms with Crippen LogP contribution >= 0.6 is 0 Å². The normalized spacial score (nSPS) is 17.8. The highest BCUT2D eigenvalue weighted by Crippen LogP contribution is 2.32. The number of piperidine rings is 1. The molecule has 1 aromatic carbocycles. The SMILES string of the molecule is CC(=O)C1CCN(c2ccnnc2OC2CN(c3ccc4ccccc4n3)C2)CC1. The third kappa shape index (κ3) is 3.67. The number of ketones is 1. The number of nitrogens with zero attached hydrogens (tertiary/aromatic N) is 5. The molecule has 3 aromatic rings. The molecule has 2 fully saturated rings. The number of rotatable bonds is 5. The zero-order chi connectivity index (χ0) is 20.5. The van der Waals surface area contributed by atoms with Crippen molar-refractivity contribution in [2.24, 2.45) is 5.92 Å². The summed E-state index contributed by atoms with van der Waals surface area (Å²) in [4.78, 5) is 20.9. The largest absolute Gasteiger partial charge is 0.468 e. The molecule has 154 valence electrons. The molecule has 5 rings (SSSR count). The fourth-order valence-corrected chi connectivity index (χ4v) is 4.25. The summed E-state index contributed by atoms with van der Waals surface area (Å²) in [7, 11) is 0. The second-order valence-electron chi connectivity index (χ2n) is 8.10. The van der Waals surface area contributed by atoms with E-state index in [1.165, 1.54) is 0 Å². The Morgan fingerprint density at radius 1 is 1.03 bits per heavy atom. The maximum atomic E-state index is 11.6. The van der Waals surface area contributed by atoms with Crippen molar-refractivity contribution in [1.82, 2.24) is 15.2 Å². The third-order valence-electron chi connectivity index (χ3n) is 6.11. The molecule has 2 aliphatic heterocycles. The number of anilines is 2. The third-order valence-corrected chi connectivity index (χ3v) is 6.11. The van der Waals surface area contributed by atoms with Crippen LogP contribution in [0.4, 0.5) is 11.5 Å². The lowest BCUT2D eigenvalue weighted by Gasteiger charge is -2.40. The van der Waals surface area contributed by atoms with E-state index in [0.29, 0.717) is 5.88 Å². The van der Waals surface area contributed by atoms with Gasteiger partial charge in [-0.25, -0.2) is 4.98 Å².